The van der Waals surface area contributed by atoms with Crippen LogP contribution in [-0.4, -0.2) is 33.0 Å². The molecule has 0 radical (unpaired) electrons. The Labute approximate surface area is 212 Å². The van der Waals surface area contributed by atoms with E-state index >= 15 is 0 Å². The van der Waals surface area contributed by atoms with Crippen LogP contribution < -0.4 is 4.74 Å². The van der Waals surface area contributed by atoms with Gasteiger partial charge in [0, 0.05) is 23.9 Å². The highest BCUT2D eigenvalue weighted by Crippen LogP contribution is 2.62. The van der Waals surface area contributed by atoms with E-state index in [1.54, 1.807) is 7.11 Å². The number of aryl methyl sites for hydroxylation is 2. The Morgan fingerprint density at radius 3 is 2.81 bits per heavy atom. The minimum Gasteiger partial charge on any atom is -0.508 e. The zero-order valence-corrected chi connectivity index (χ0v) is 21.2. The van der Waals surface area contributed by atoms with Gasteiger partial charge in [-0.25, -0.2) is 0 Å². The van der Waals surface area contributed by atoms with Crippen LogP contribution in [0.4, 0.5) is 0 Å². The van der Waals surface area contributed by atoms with E-state index in [0.717, 1.165) is 68.5 Å². The third-order valence-corrected chi connectivity index (χ3v) is 9.44. The number of phenols is 1. The second-order valence-corrected chi connectivity index (χ2v) is 11.3. The maximum Gasteiger partial charge on any atom is 0.139 e. The van der Waals surface area contributed by atoms with Crippen LogP contribution in [0.2, 0.25) is 0 Å². The zero-order chi connectivity index (χ0) is 24.9. The molecular formula is C30H35N3O3. The summed E-state index contributed by atoms with van der Waals surface area (Å²) < 4.78 is 7.18. The van der Waals surface area contributed by atoms with E-state index < -0.39 is 0 Å². The Hall–Kier alpha value is -3.15. The number of carbonyl (C=O) groups is 1. The number of phenolic OH excluding ortho intramolecular Hbond substituents is 1. The minimum atomic E-state index is -0.172. The van der Waals surface area contributed by atoms with Crippen molar-refractivity contribution >= 4 is 5.78 Å². The van der Waals surface area contributed by atoms with E-state index in [2.05, 4.69) is 23.3 Å². The molecule has 1 N–H and O–H groups in total. The first-order chi connectivity index (χ1) is 17.5. The summed E-state index contributed by atoms with van der Waals surface area (Å²) in [5.41, 5.74) is 4.44. The van der Waals surface area contributed by atoms with Crippen molar-refractivity contribution in [2.75, 3.05) is 7.11 Å². The number of carbonyl (C=O) groups excluding carboxylic acids is 1. The first-order valence-corrected chi connectivity index (χ1v) is 13.4. The second kappa shape index (κ2) is 9.06. The third kappa shape index (κ3) is 3.91. The van der Waals surface area contributed by atoms with Crippen molar-refractivity contribution in [3.05, 3.63) is 59.8 Å². The Morgan fingerprint density at radius 1 is 1.17 bits per heavy atom. The molecule has 6 rings (SSSR count). The van der Waals surface area contributed by atoms with Gasteiger partial charge in [-0.1, -0.05) is 18.2 Å². The summed E-state index contributed by atoms with van der Waals surface area (Å²) in [7, 11) is 1.66. The van der Waals surface area contributed by atoms with E-state index in [0.29, 0.717) is 35.2 Å². The minimum absolute atomic E-state index is 0.172. The average Bonchev–Trinajstić information content (AvgIpc) is 3.46. The molecule has 6 heteroatoms. The molecule has 2 fully saturated rings. The molecule has 0 saturated heterocycles. The molecule has 3 aromatic rings. The monoisotopic (exact) mass is 485 g/mol. The van der Waals surface area contributed by atoms with Crippen LogP contribution in [-0.2, 0) is 17.8 Å². The number of nitrogens with zero attached hydrogens (tertiary/aromatic N) is 3. The van der Waals surface area contributed by atoms with Crippen molar-refractivity contribution in [2.24, 2.45) is 23.2 Å². The molecule has 5 atom stereocenters. The Balaban J connectivity index is 1.14. The summed E-state index contributed by atoms with van der Waals surface area (Å²) in [4.78, 5) is 13.3. The van der Waals surface area contributed by atoms with Crippen molar-refractivity contribution in [3.8, 4) is 22.8 Å². The Bertz CT molecular complexity index is 1270. The number of ether oxygens (including phenoxy) is 1. The van der Waals surface area contributed by atoms with Gasteiger partial charge in [0.1, 0.15) is 23.0 Å². The highest BCUT2D eigenvalue weighted by molar-refractivity contribution is 5.87. The molecule has 2 saturated carbocycles. The number of fused-ring (bicyclic) bond motifs is 5. The largest absolute Gasteiger partial charge is 0.508 e. The molecule has 0 amide bonds. The van der Waals surface area contributed by atoms with Gasteiger partial charge < -0.3 is 9.84 Å². The smallest absolute Gasteiger partial charge is 0.139 e. The molecular weight excluding hydrogens is 450 g/mol. The van der Waals surface area contributed by atoms with Gasteiger partial charge in [0.2, 0.25) is 0 Å². The number of hydrogen-bond donors (Lipinski definition) is 1. The fourth-order valence-electron chi connectivity index (χ4n) is 7.71. The topological polar surface area (TPSA) is 77.2 Å². The van der Waals surface area contributed by atoms with E-state index in [-0.39, 0.29) is 5.41 Å². The normalized spacial score (nSPS) is 28.9. The molecule has 188 valence electrons. The summed E-state index contributed by atoms with van der Waals surface area (Å²) in [5.74, 6) is 3.65. The van der Waals surface area contributed by atoms with Crippen LogP contribution in [0.1, 0.15) is 62.5 Å². The third-order valence-electron chi connectivity index (χ3n) is 9.44. The van der Waals surface area contributed by atoms with Crippen molar-refractivity contribution in [3.63, 3.8) is 0 Å². The fraction of sp³-hybridized carbons (Fsp3) is 0.500. The lowest BCUT2D eigenvalue weighted by Crippen LogP contribution is -2.44. The molecule has 0 unspecified atom stereocenters. The van der Waals surface area contributed by atoms with Gasteiger partial charge >= 0.3 is 0 Å². The Morgan fingerprint density at radius 2 is 2.00 bits per heavy atom. The molecule has 2 aromatic carbocycles. The lowest BCUT2D eigenvalue weighted by Gasteiger charge is -2.50. The van der Waals surface area contributed by atoms with Gasteiger partial charge in [0.05, 0.1) is 13.3 Å². The van der Waals surface area contributed by atoms with E-state index in [9.17, 15) is 9.90 Å². The summed E-state index contributed by atoms with van der Waals surface area (Å²) in [6, 6.07) is 13.8. The van der Waals surface area contributed by atoms with Gasteiger partial charge in [0.15, 0.2) is 0 Å². The van der Waals surface area contributed by atoms with Gasteiger partial charge in [-0.15, -0.1) is 5.10 Å². The maximum atomic E-state index is 13.3. The number of rotatable bonds is 6. The van der Waals surface area contributed by atoms with Crippen LogP contribution in [0.5, 0.6) is 11.5 Å². The van der Waals surface area contributed by atoms with Gasteiger partial charge in [0.25, 0.3) is 0 Å². The summed E-state index contributed by atoms with van der Waals surface area (Å²) in [6.45, 7) is 3.06. The SMILES string of the molecule is COc1ccc(-c2cn(CCC[C@H]3CC(=O)[C@@]4(C)CC[C@@H]5c6ccc(O)cc6CC[C@H]5[C@H]34)nn2)cc1. The first kappa shape index (κ1) is 23.3. The zero-order valence-electron chi connectivity index (χ0n) is 21.2. The van der Waals surface area contributed by atoms with E-state index in [4.69, 9.17) is 4.74 Å². The van der Waals surface area contributed by atoms with Gasteiger partial charge in [-0.2, -0.15) is 0 Å². The summed E-state index contributed by atoms with van der Waals surface area (Å²) in [5, 5.41) is 18.7. The summed E-state index contributed by atoms with van der Waals surface area (Å²) in [6.07, 6.45) is 8.99. The number of benzene rings is 2. The van der Waals surface area contributed by atoms with E-state index in [1.807, 2.05) is 47.3 Å². The number of aromatic hydroxyl groups is 1. The quantitative estimate of drug-likeness (QED) is 0.478. The van der Waals surface area contributed by atoms with Crippen LogP contribution in [0.15, 0.2) is 48.7 Å². The van der Waals surface area contributed by atoms with Crippen molar-refractivity contribution in [2.45, 2.75) is 64.3 Å². The molecule has 3 aliphatic carbocycles. The van der Waals surface area contributed by atoms with Crippen molar-refractivity contribution in [1.29, 1.82) is 0 Å². The van der Waals surface area contributed by atoms with Crippen molar-refractivity contribution in [1.82, 2.24) is 15.0 Å². The highest BCUT2D eigenvalue weighted by atomic mass is 16.5. The number of ketones is 1. The van der Waals surface area contributed by atoms with Crippen LogP contribution >= 0.6 is 0 Å². The van der Waals surface area contributed by atoms with Gasteiger partial charge in [-0.05, 0) is 110 Å². The van der Waals surface area contributed by atoms with Crippen LogP contribution in [0.3, 0.4) is 0 Å². The number of hydrogen-bond acceptors (Lipinski definition) is 5. The molecule has 1 aromatic heterocycles. The maximum absolute atomic E-state index is 13.3. The van der Waals surface area contributed by atoms with Crippen LogP contribution in [0.25, 0.3) is 11.3 Å². The Kier molecular flexibility index (Phi) is 5.85. The molecule has 1 heterocycles. The van der Waals surface area contributed by atoms with Crippen molar-refractivity contribution < 1.29 is 14.6 Å². The predicted molar refractivity (Wildman–Crippen MR) is 138 cm³/mol. The molecule has 3 aliphatic rings. The number of Topliss-reactive ketones (excluding diaryl/α,β-unsaturated/α-hetero) is 1. The molecule has 0 aliphatic heterocycles. The standard InChI is InChI=1S/C30H35N3O3/c1-30-14-13-25-24-12-8-22(34)16-20(24)7-11-26(25)29(30)21(17-28(30)35)4-3-15-33-18-27(31-32-33)19-5-9-23(36-2)10-6-19/h5-6,8-10,12,16,18,21,25-26,29,34H,3-4,7,11,13-15,17H2,1-2H3/t21-,25+,26+,29-,30+/m0/s1. The molecule has 0 bridgehead atoms. The number of aromatic nitrogens is 3. The summed E-state index contributed by atoms with van der Waals surface area (Å²) >= 11 is 0. The lowest BCUT2D eigenvalue weighted by atomic mass is 9.54. The van der Waals surface area contributed by atoms with E-state index in [1.165, 1.54) is 11.1 Å². The van der Waals surface area contributed by atoms with Crippen LogP contribution in [0, 0.1) is 23.2 Å². The predicted octanol–water partition coefficient (Wildman–Crippen LogP) is 5.79. The fourth-order valence-corrected chi connectivity index (χ4v) is 7.71. The first-order valence-electron chi connectivity index (χ1n) is 13.4. The highest BCUT2D eigenvalue weighted by Gasteiger charge is 2.58. The average molecular weight is 486 g/mol. The lowest BCUT2D eigenvalue weighted by molar-refractivity contribution is -0.129. The van der Waals surface area contributed by atoms with Gasteiger partial charge in [-0.3, -0.25) is 9.48 Å². The molecule has 6 nitrogen and oxygen atoms in total. The second-order valence-electron chi connectivity index (χ2n) is 11.3. The molecule has 36 heavy (non-hydrogen) atoms. The molecule has 0 spiro atoms. The number of methoxy groups -OCH3 is 1.